The summed E-state index contributed by atoms with van der Waals surface area (Å²) in [5.74, 6) is 1.20. The maximum absolute atomic E-state index is 12.5. The van der Waals surface area contributed by atoms with E-state index in [1.165, 1.54) is 6.42 Å². The van der Waals surface area contributed by atoms with Crippen molar-refractivity contribution in [1.82, 2.24) is 0 Å². The first-order valence-electron chi connectivity index (χ1n) is 8.32. The summed E-state index contributed by atoms with van der Waals surface area (Å²) in [6, 6.07) is 5.13. The standard InChI is InChI=1S/C18H21Cl2NO2/c19-14-2-1-13(4-15(14)20)21-16(22)9-17-5-11-3-12(6-17)8-18(23,7-11)10-17/h1-2,4,11-12,23H,3,5-10H2,(H,21,22)/t11-,12+,17?,18?. The van der Waals surface area contributed by atoms with Crippen molar-refractivity contribution < 1.29 is 9.90 Å². The van der Waals surface area contributed by atoms with Crippen molar-refractivity contribution in [3.05, 3.63) is 28.2 Å². The van der Waals surface area contributed by atoms with Gasteiger partial charge in [0, 0.05) is 12.1 Å². The number of nitrogens with one attached hydrogen (secondary N) is 1. The largest absolute Gasteiger partial charge is 0.390 e. The fraction of sp³-hybridized carbons (Fsp3) is 0.611. The van der Waals surface area contributed by atoms with Gasteiger partial charge in [-0.2, -0.15) is 0 Å². The second-order valence-electron chi connectivity index (χ2n) is 8.04. The summed E-state index contributed by atoms with van der Waals surface area (Å²) in [5, 5.41) is 14.6. The summed E-state index contributed by atoms with van der Waals surface area (Å²) in [4.78, 5) is 12.5. The highest BCUT2D eigenvalue weighted by molar-refractivity contribution is 6.42. The molecule has 5 rings (SSSR count). The number of carbonyl (C=O) groups is 1. The third-order valence-electron chi connectivity index (χ3n) is 5.89. The van der Waals surface area contributed by atoms with Gasteiger partial charge < -0.3 is 10.4 Å². The molecule has 4 atom stereocenters. The second-order valence-corrected chi connectivity index (χ2v) is 8.85. The number of aliphatic hydroxyl groups is 1. The van der Waals surface area contributed by atoms with Gasteiger partial charge in [0.15, 0.2) is 0 Å². The van der Waals surface area contributed by atoms with Crippen molar-refractivity contribution in [1.29, 1.82) is 0 Å². The van der Waals surface area contributed by atoms with Gasteiger partial charge in [-0.15, -0.1) is 0 Å². The van der Waals surface area contributed by atoms with Gasteiger partial charge in [-0.05, 0) is 74.0 Å². The minimum Gasteiger partial charge on any atom is -0.390 e. The van der Waals surface area contributed by atoms with Crippen molar-refractivity contribution >= 4 is 34.8 Å². The monoisotopic (exact) mass is 353 g/mol. The van der Waals surface area contributed by atoms with Crippen molar-refractivity contribution in [3.63, 3.8) is 0 Å². The van der Waals surface area contributed by atoms with E-state index in [0.717, 1.165) is 32.1 Å². The fourth-order valence-corrected chi connectivity index (χ4v) is 6.03. The van der Waals surface area contributed by atoms with Gasteiger partial charge in [0.1, 0.15) is 0 Å². The molecular weight excluding hydrogens is 333 g/mol. The Labute approximate surface area is 146 Å². The van der Waals surface area contributed by atoms with Gasteiger partial charge >= 0.3 is 0 Å². The van der Waals surface area contributed by atoms with E-state index in [0.29, 0.717) is 34.0 Å². The summed E-state index contributed by atoms with van der Waals surface area (Å²) in [5.41, 5.74) is 0.139. The van der Waals surface area contributed by atoms with Gasteiger partial charge in [0.05, 0.1) is 15.6 Å². The number of carbonyl (C=O) groups excluding carboxylic acids is 1. The molecule has 4 aliphatic rings. The molecule has 5 heteroatoms. The number of rotatable bonds is 3. The van der Waals surface area contributed by atoms with Crippen LogP contribution >= 0.6 is 23.2 Å². The van der Waals surface area contributed by atoms with Crippen LogP contribution in [0.1, 0.15) is 44.9 Å². The Morgan fingerprint density at radius 1 is 1.17 bits per heavy atom. The zero-order valence-electron chi connectivity index (χ0n) is 12.9. The number of benzene rings is 1. The lowest BCUT2D eigenvalue weighted by Crippen LogP contribution is -2.56. The van der Waals surface area contributed by atoms with E-state index in [4.69, 9.17) is 23.2 Å². The molecule has 124 valence electrons. The Morgan fingerprint density at radius 3 is 2.48 bits per heavy atom. The average Bonchev–Trinajstić information content (AvgIpc) is 2.39. The van der Waals surface area contributed by atoms with Gasteiger partial charge in [0.2, 0.25) is 5.91 Å². The maximum atomic E-state index is 12.5. The Hall–Kier alpha value is -0.770. The predicted octanol–water partition coefficient (Wildman–Crippen LogP) is 4.65. The van der Waals surface area contributed by atoms with Crippen molar-refractivity contribution in [2.75, 3.05) is 5.32 Å². The third-order valence-corrected chi connectivity index (χ3v) is 6.63. The third kappa shape index (κ3) is 2.99. The first-order chi connectivity index (χ1) is 10.8. The van der Waals surface area contributed by atoms with Crippen LogP contribution in [-0.2, 0) is 4.79 Å². The second kappa shape index (κ2) is 5.37. The topological polar surface area (TPSA) is 49.3 Å². The lowest BCUT2D eigenvalue weighted by atomic mass is 9.47. The molecule has 0 heterocycles. The molecule has 4 aliphatic carbocycles. The Bertz CT molecular complexity index is 646. The van der Waals surface area contributed by atoms with Crippen LogP contribution in [0.15, 0.2) is 18.2 Å². The van der Waals surface area contributed by atoms with Crippen LogP contribution in [-0.4, -0.2) is 16.6 Å². The van der Waals surface area contributed by atoms with E-state index in [9.17, 15) is 9.90 Å². The van der Waals surface area contributed by atoms with Crippen molar-refractivity contribution in [2.24, 2.45) is 17.3 Å². The zero-order valence-corrected chi connectivity index (χ0v) is 14.5. The number of anilines is 1. The molecule has 1 aromatic rings. The first-order valence-corrected chi connectivity index (χ1v) is 9.08. The highest BCUT2D eigenvalue weighted by Crippen LogP contribution is 2.62. The van der Waals surface area contributed by atoms with Crippen LogP contribution in [0.5, 0.6) is 0 Å². The van der Waals surface area contributed by atoms with Crippen LogP contribution in [0, 0.1) is 17.3 Å². The Morgan fingerprint density at radius 2 is 1.87 bits per heavy atom. The molecule has 2 N–H and O–H groups in total. The molecule has 23 heavy (non-hydrogen) atoms. The van der Waals surface area contributed by atoms with Crippen LogP contribution in [0.2, 0.25) is 10.0 Å². The molecule has 4 saturated carbocycles. The summed E-state index contributed by atoms with van der Waals surface area (Å²) < 4.78 is 0. The summed E-state index contributed by atoms with van der Waals surface area (Å²) >= 11 is 11.9. The van der Waals surface area contributed by atoms with E-state index in [1.807, 2.05) is 0 Å². The van der Waals surface area contributed by atoms with E-state index in [-0.39, 0.29) is 11.3 Å². The van der Waals surface area contributed by atoms with Crippen LogP contribution in [0.25, 0.3) is 0 Å². The van der Waals surface area contributed by atoms with Crippen molar-refractivity contribution in [3.8, 4) is 0 Å². The molecule has 1 aromatic carbocycles. The highest BCUT2D eigenvalue weighted by Gasteiger charge is 2.57. The summed E-state index contributed by atoms with van der Waals surface area (Å²) in [6.07, 6.45) is 6.53. The SMILES string of the molecule is O=C(CC12C[C@@H]3C[C@@H](CC(O)(C3)C1)C2)Nc1ccc(Cl)c(Cl)c1. The molecule has 0 radical (unpaired) electrons. The molecule has 1 amide bonds. The molecule has 0 aliphatic heterocycles. The molecule has 4 bridgehead atoms. The molecule has 2 unspecified atom stereocenters. The molecule has 0 spiro atoms. The van der Waals surface area contributed by atoms with Gasteiger partial charge in [-0.25, -0.2) is 0 Å². The predicted molar refractivity (Wildman–Crippen MR) is 91.8 cm³/mol. The lowest BCUT2D eigenvalue weighted by molar-refractivity contribution is -0.167. The summed E-state index contributed by atoms with van der Waals surface area (Å²) in [6.45, 7) is 0. The zero-order chi connectivity index (χ0) is 16.2. The van der Waals surface area contributed by atoms with Gasteiger partial charge in [-0.3, -0.25) is 4.79 Å². The average molecular weight is 354 g/mol. The number of hydrogen-bond donors (Lipinski definition) is 2. The van der Waals surface area contributed by atoms with Crippen LogP contribution in [0.4, 0.5) is 5.69 Å². The van der Waals surface area contributed by atoms with Crippen LogP contribution in [0.3, 0.4) is 0 Å². The Balaban J connectivity index is 1.47. The van der Waals surface area contributed by atoms with E-state index >= 15 is 0 Å². The maximum Gasteiger partial charge on any atom is 0.224 e. The molecule has 4 fully saturated rings. The molecular formula is C18H21Cl2NO2. The minimum absolute atomic E-state index is 0.00828. The fourth-order valence-electron chi connectivity index (χ4n) is 5.73. The molecule has 0 aromatic heterocycles. The smallest absolute Gasteiger partial charge is 0.224 e. The normalized spacial score (nSPS) is 37.9. The quantitative estimate of drug-likeness (QED) is 0.830. The highest BCUT2D eigenvalue weighted by atomic mass is 35.5. The number of hydrogen-bond acceptors (Lipinski definition) is 2. The lowest BCUT2D eigenvalue weighted by Gasteiger charge is -2.60. The molecule has 3 nitrogen and oxygen atoms in total. The van der Waals surface area contributed by atoms with E-state index in [2.05, 4.69) is 5.32 Å². The van der Waals surface area contributed by atoms with Gasteiger partial charge in [0.25, 0.3) is 0 Å². The molecule has 0 saturated heterocycles. The van der Waals surface area contributed by atoms with Crippen molar-refractivity contribution in [2.45, 2.75) is 50.5 Å². The van der Waals surface area contributed by atoms with Crippen LogP contribution < -0.4 is 5.32 Å². The van der Waals surface area contributed by atoms with E-state index < -0.39 is 5.60 Å². The first kappa shape index (κ1) is 15.7. The summed E-state index contributed by atoms with van der Waals surface area (Å²) in [7, 11) is 0. The van der Waals surface area contributed by atoms with Gasteiger partial charge in [-0.1, -0.05) is 23.2 Å². The number of halogens is 2. The number of amides is 1. The Kier molecular flexibility index (Phi) is 3.67. The van der Waals surface area contributed by atoms with E-state index in [1.54, 1.807) is 18.2 Å². The minimum atomic E-state index is -0.520.